The number of rotatable bonds is 2. The molecular formula is C48H46N4+2. The Morgan fingerprint density at radius 2 is 1.40 bits per heavy atom. The number of hydrogen-bond acceptors (Lipinski definition) is 1. The molecule has 4 heteroatoms. The molecule has 0 fully saturated rings. The van der Waals surface area contributed by atoms with Gasteiger partial charge in [0.05, 0.1) is 34.6 Å². The molecule has 0 radical (unpaired) electrons. The predicted molar refractivity (Wildman–Crippen MR) is 214 cm³/mol. The zero-order chi connectivity index (χ0) is 35.7. The summed E-state index contributed by atoms with van der Waals surface area (Å²) in [5.74, 6) is 0.447. The van der Waals surface area contributed by atoms with E-state index in [0.29, 0.717) is 12.0 Å². The van der Waals surface area contributed by atoms with Crippen LogP contribution < -0.4 is 9.13 Å². The smallest absolute Gasteiger partial charge is 0.220 e. The van der Waals surface area contributed by atoms with Crippen LogP contribution in [-0.4, -0.2) is 9.38 Å². The highest BCUT2D eigenvalue weighted by atomic mass is 15.1. The van der Waals surface area contributed by atoms with Gasteiger partial charge in [-0.3, -0.25) is 4.40 Å². The van der Waals surface area contributed by atoms with Crippen LogP contribution in [0.15, 0.2) is 116 Å². The molecule has 0 N–H and O–H groups in total. The zero-order valence-corrected chi connectivity index (χ0v) is 31.3. The van der Waals surface area contributed by atoms with Gasteiger partial charge < -0.3 is 0 Å². The summed E-state index contributed by atoms with van der Waals surface area (Å²) in [6.45, 7) is 16.1. The minimum absolute atomic E-state index is 0.00424. The standard InChI is InChI=1S/C48H46N4/c1-29-37(28-40-39-25-31(48(5,6)7)24-38-35-16-10-11-18-42(35)52(45(38)39)46(40)49-29)43-26-30(47(2,3)4)21-23-50(43)32-19-20-36-33-14-8-9-15-34(33)41-17-12-13-22-51(41)44(36)27-32/h8-19,21-26,28,36,44H,20,27H2,1-7H3/q+2. The molecule has 0 bridgehead atoms. The molecule has 0 spiro atoms. The van der Waals surface area contributed by atoms with Crippen molar-refractivity contribution in [3.8, 4) is 22.5 Å². The highest BCUT2D eigenvalue weighted by molar-refractivity contribution is 6.23. The molecule has 0 amide bonds. The Labute approximate surface area is 306 Å². The normalized spacial score (nSPS) is 17.5. The molecule has 2 atom stereocenters. The number of para-hydroxylation sites is 1. The first-order valence-corrected chi connectivity index (χ1v) is 18.9. The van der Waals surface area contributed by atoms with Gasteiger partial charge in [-0.2, -0.15) is 9.13 Å². The van der Waals surface area contributed by atoms with E-state index in [1.165, 1.54) is 77.5 Å². The maximum atomic E-state index is 5.51. The van der Waals surface area contributed by atoms with Crippen molar-refractivity contribution in [3.05, 3.63) is 138 Å². The third-order valence-corrected chi connectivity index (χ3v) is 12.1. The molecule has 1 aliphatic carbocycles. The highest BCUT2D eigenvalue weighted by Gasteiger charge is 2.44. The Kier molecular flexibility index (Phi) is 6.54. The Morgan fingerprint density at radius 1 is 0.673 bits per heavy atom. The quantitative estimate of drug-likeness (QED) is 0.167. The first kappa shape index (κ1) is 31.4. The van der Waals surface area contributed by atoms with Gasteiger partial charge in [-0.05, 0) is 83.3 Å². The van der Waals surface area contributed by atoms with Crippen LogP contribution in [0.25, 0.3) is 66.4 Å². The van der Waals surface area contributed by atoms with Gasteiger partial charge in [0.15, 0.2) is 24.1 Å². The van der Waals surface area contributed by atoms with Crippen LogP contribution in [0.2, 0.25) is 0 Å². The van der Waals surface area contributed by atoms with E-state index in [-0.39, 0.29) is 10.8 Å². The van der Waals surface area contributed by atoms with Crippen molar-refractivity contribution in [2.75, 3.05) is 0 Å². The van der Waals surface area contributed by atoms with E-state index in [1.807, 2.05) is 0 Å². The van der Waals surface area contributed by atoms with Crippen molar-refractivity contribution < 1.29 is 9.13 Å². The van der Waals surface area contributed by atoms with Crippen LogP contribution in [0.4, 0.5) is 0 Å². The summed E-state index contributed by atoms with van der Waals surface area (Å²) in [6, 6.07) is 36.9. The number of nitrogens with zero attached hydrogens (tertiary/aromatic N) is 4. The molecule has 3 aromatic carbocycles. The lowest BCUT2D eigenvalue weighted by Gasteiger charge is -2.32. The third-order valence-electron chi connectivity index (χ3n) is 12.1. The summed E-state index contributed by atoms with van der Waals surface area (Å²) in [6.07, 6.45) is 9.10. The van der Waals surface area contributed by atoms with Crippen molar-refractivity contribution in [2.45, 2.75) is 84.1 Å². The Balaban J connectivity index is 1.20. The molecule has 6 heterocycles. The van der Waals surface area contributed by atoms with Crippen LogP contribution in [0.3, 0.4) is 0 Å². The Bertz CT molecular complexity index is 2780. The van der Waals surface area contributed by atoms with Gasteiger partial charge in [-0.15, -0.1) is 0 Å². The van der Waals surface area contributed by atoms with Crippen molar-refractivity contribution in [3.63, 3.8) is 0 Å². The summed E-state index contributed by atoms with van der Waals surface area (Å²) < 4.78 is 7.44. The maximum absolute atomic E-state index is 5.51. The van der Waals surface area contributed by atoms with Crippen LogP contribution in [0.1, 0.15) is 88.7 Å². The summed E-state index contributed by atoms with van der Waals surface area (Å²) >= 11 is 0. The fraction of sp³-hybridized carbons (Fsp3) is 0.271. The van der Waals surface area contributed by atoms with Gasteiger partial charge in [0, 0.05) is 51.4 Å². The van der Waals surface area contributed by atoms with E-state index in [2.05, 4.69) is 178 Å². The number of pyridine rings is 3. The molecule has 4 nitrogen and oxygen atoms in total. The summed E-state index contributed by atoms with van der Waals surface area (Å²) in [4.78, 5) is 5.51. The van der Waals surface area contributed by atoms with E-state index >= 15 is 0 Å². The lowest BCUT2D eigenvalue weighted by molar-refractivity contribution is -0.720. The number of aryl methyl sites for hydroxylation is 1. The van der Waals surface area contributed by atoms with Crippen LogP contribution in [0, 0.1) is 6.92 Å². The highest BCUT2D eigenvalue weighted by Crippen LogP contribution is 2.46. The molecular weight excluding hydrogens is 633 g/mol. The van der Waals surface area contributed by atoms with Crippen molar-refractivity contribution in [1.82, 2.24) is 9.38 Å². The summed E-state index contributed by atoms with van der Waals surface area (Å²) in [5, 5.41) is 5.11. The average molecular weight is 679 g/mol. The maximum Gasteiger partial charge on any atom is 0.220 e. The van der Waals surface area contributed by atoms with Crippen LogP contribution in [0.5, 0.6) is 0 Å². The SMILES string of the molecule is Cc1nc2c(cc1-c1cc(C(C)(C)C)cc[n+]1C1=CCC3c4ccccc4-c4cccc[n+]4C3C1)c1cc(C(C)(C)C)cc3c4ccccc4n2c31. The topological polar surface area (TPSA) is 25.1 Å². The minimum atomic E-state index is 0.00424. The molecule has 5 aromatic heterocycles. The first-order valence-electron chi connectivity index (χ1n) is 18.9. The first-order chi connectivity index (χ1) is 25.0. The largest absolute Gasteiger partial charge is 0.293 e. The number of aromatic nitrogens is 4. The van der Waals surface area contributed by atoms with E-state index < -0.39 is 0 Å². The summed E-state index contributed by atoms with van der Waals surface area (Å²) in [7, 11) is 0. The number of fused-ring (bicyclic) bond motifs is 12. The van der Waals surface area contributed by atoms with Crippen molar-refractivity contribution in [1.29, 1.82) is 0 Å². The van der Waals surface area contributed by atoms with Gasteiger partial charge in [-0.1, -0.05) is 77.9 Å². The lowest BCUT2D eigenvalue weighted by atomic mass is 9.76. The fourth-order valence-electron chi connectivity index (χ4n) is 9.31. The van der Waals surface area contributed by atoms with Gasteiger partial charge in [-0.25, -0.2) is 4.98 Å². The monoisotopic (exact) mass is 678 g/mol. The van der Waals surface area contributed by atoms with Gasteiger partial charge in [0.1, 0.15) is 5.65 Å². The molecule has 0 saturated carbocycles. The Morgan fingerprint density at radius 3 is 2.21 bits per heavy atom. The predicted octanol–water partition coefficient (Wildman–Crippen LogP) is 11.0. The zero-order valence-electron chi connectivity index (χ0n) is 31.3. The second kappa shape index (κ2) is 10.8. The molecule has 10 rings (SSSR count). The number of benzene rings is 3. The van der Waals surface area contributed by atoms with E-state index in [4.69, 9.17) is 4.98 Å². The van der Waals surface area contributed by atoms with E-state index in [1.54, 1.807) is 0 Å². The fourth-order valence-corrected chi connectivity index (χ4v) is 9.31. The number of allylic oxidation sites excluding steroid dienone is 2. The van der Waals surface area contributed by atoms with Gasteiger partial charge in [0.25, 0.3) is 0 Å². The average Bonchev–Trinajstić information content (AvgIpc) is 3.64. The number of hydrogen-bond donors (Lipinski definition) is 0. The van der Waals surface area contributed by atoms with Crippen LogP contribution >= 0.6 is 0 Å². The lowest BCUT2D eigenvalue weighted by Crippen LogP contribution is -2.50. The molecule has 2 aliphatic rings. The third kappa shape index (κ3) is 4.49. The molecule has 2 unspecified atom stereocenters. The molecule has 8 aromatic rings. The molecule has 0 saturated heterocycles. The Hall–Kier alpha value is -5.35. The van der Waals surface area contributed by atoms with Crippen molar-refractivity contribution >= 4 is 43.9 Å². The van der Waals surface area contributed by atoms with E-state index in [9.17, 15) is 0 Å². The molecule has 1 aliphatic heterocycles. The molecule has 52 heavy (non-hydrogen) atoms. The van der Waals surface area contributed by atoms with E-state index in [0.717, 1.165) is 24.2 Å². The van der Waals surface area contributed by atoms with Crippen molar-refractivity contribution in [2.24, 2.45) is 0 Å². The van der Waals surface area contributed by atoms with Gasteiger partial charge >= 0.3 is 0 Å². The second-order valence-electron chi connectivity index (χ2n) is 17.3. The second-order valence-corrected chi connectivity index (χ2v) is 17.3. The molecule has 256 valence electrons. The minimum Gasteiger partial charge on any atom is -0.293 e. The summed E-state index contributed by atoms with van der Waals surface area (Å²) in [5.41, 5.74) is 15.2. The van der Waals surface area contributed by atoms with Gasteiger partial charge in [0.2, 0.25) is 11.4 Å². The van der Waals surface area contributed by atoms with Crippen LogP contribution in [-0.2, 0) is 10.8 Å².